The largest absolute Gasteiger partial charge is 0.463 e. The molecule has 1 heterocycles. The Kier molecular flexibility index (Phi) is 4.65. The van der Waals surface area contributed by atoms with E-state index >= 15 is 0 Å². The van der Waals surface area contributed by atoms with Crippen LogP contribution in [-0.2, 0) is 16.1 Å². The minimum atomic E-state index is -0.598. The van der Waals surface area contributed by atoms with Gasteiger partial charge in [-0.1, -0.05) is 17.7 Å². The van der Waals surface area contributed by atoms with Gasteiger partial charge in [0, 0.05) is 5.56 Å². The van der Waals surface area contributed by atoms with Crippen LogP contribution < -0.4 is 0 Å². The van der Waals surface area contributed by atoms with Gasteiger partial charge >= 0.3 is 11.9 Å². The third-order valence-corrected chi connectivity index (χ3v) is 3.36. The highest BCUT2D eigenvalue weighted by atomic mass is 16.5. The maximum Gasteiger partial charge on any atom is 0.374 e. The molecule has 0 amide bonds. The lowest BCUT2D eigenvalue weighted by atomic mass is 10.00. The fourth-order valence-electron chi connectivity index (χ4n) is 2.44. The van der Waals surface area contributed by atoms with Crippen molar-refractivity contribution in [3.05, 3.63) is 58.0 Å². The van der Waals surface area contributed by atoms with E-state index in [0.29, 0.717) is 11.1 Å². The maximum atomic E-state index is 12.3. The van der Waals surface area contributed by atoms with E-state index in [0.717, 1.165) is 16.7 Å². The number of hydrogen-bond donors (Lipinski definition) is 0. The molecule has 1 aromatic carbocycles. The molecule has 0 unspecified atom stereocenters. The zero-order chi connectivity index (χ0) is 16.3. The van der Waals surface area contributed by atoms with Crippen molar-refractivity contribution in [2.45, 2.75) is 27.4 Å². The van der Waals surface area contributed by atoms with Crippen molar-refractivity contribution in [2.75, 3.05) is 7.11 Å². The Morgan fingerprint density at radius 3 is 2.32 bits per heavy atom. The van der Waals surface area contributed by atoms with E-state index in [1.54, 1.807) is 6.07 Å². The van der Waals surface area contributed by atoms with Crippen molar-refractivity contribution < 1.29 is 23.5 Å². The van der Waals surface area contributed by atoms with Crippen LogP contribution in [0.5, 0.6) is 0 Å². The number of rotatable bonds is 4. The van der Waals surface area contributed by atoms with Crippen LogP contribution in [0.4, 0.5) is 0 Å². The summed E-state index contributed by atoms with van der Waals surface area (Å²) in [5.41, 5.74) is 3.84. The molecular formula is C17H18O5. The van der Waals surface area contributed by atoms with Crippen molar-refractivity contribution in [3.63, 3.8) is 0 Å². The molecule has 5 heteroatoms. The van der Waals surface area contributed by atoms with Crippen molar-refractivity contribution in [1.29, 1.82) is 0 Å². The van der Waals surface area contributed by atoms with Crippen LogP contribution in [0.1, 0.15) is 43.2 Å². The molecule has 0 saturated carbocycles. The van der Waals surface area contributed by atoms with Crippen molar-refractivity contribution in [1.82, 2.24) is 0 Å². The normalized spacial score (nSPS) is 10.4. The predicted molar refractivity (Wildman–Crippen MR) is 79.8 cm³/mol. The molecule has 0 aliphatic carbocycles. The molecule has 116 valence electrons. The standard InChI is InChI=1S/C17H18O5/c1-10-7-11(2)14(12(3)8-10)16(18)22-9-13-5-6-21-15(13)17(19)20-4/h5-8H,9H2,1-4H3. The third-order valence-electron chi connectivity index (χ3n) is 3.36. The monoisotopic (exact) mass is 302 g/mol. The Bertz CT molecular complexity index is 689. The Morgan fingerprint density at radius 2 is 1.73 bits per heavy atom. The third kappa shape index (κ3) is 3.19. The predicted octanol–water partition coefficient (Wildman–Crippen LogP) is 3.35. The first-order valence-electron chi connectivity index (χ1n) is 6.83. The molecule has 0 aliphatic heterocycles. The first kappa shape index (κ1) is 15.8. The molecule has 0 bridgehead atoms. The molecule has 5 nitrogen and oxygen atoms in total. The van der Waals surface area contributed by atoms with E-state index in [2.05, 4.69) is 4.74 Å². The van der Waals surface area contributed by atoms with Crippen LogP contribution in [0.25, 0.3) is 0 Å². The van der Waals surface area contributed by atoms with Crippen LogP contribution in [-0.4, -0.2) is 19.0 Å². The van der Waals surface area contributed by atoms with E-state index in [4.69, 9.17) is 9.15 Å². The summed E-state index contributed by atoms with van der Waals surface area (Å²) in [6.07, 6.45) is 1.36. The summed E-state index contributed by atoms with van der Waals surface area (Å²) in [4.78, 5) is 23.8. The van der Waals surface area contributed by atoms with Crippen molar-refractivity contribution in [3.8, 4) is 0 Å². The highest BCUT2D eigenvalue weighted by Crippen LogP contribution is 2.19. The first-order chi connectivity index (χ1) is 10.4. The highest BCUT2D eigenvalue weighted by Gasteiger charge is 2.19. The zero-order valence-corrected chi connectivity index (χ0v) is 13.1. The number of carbonyl (C=O) groups is 2. The highest BCUT2D eigenvalue weighted by molar-refractivity contribution is 5.93. The summed E-state index contributed by atoms with van der Waals surface area (Å²) in [7, 11) is 1.26. The molecule has 0 aliphatic rings. The van der Waals surface area contributed by atoms with Crippen molar-refractivity contribution >= 4 is 11.9 Å². The molecule has 0 N–H and O–H groups in total. The minimum Gasteiger partial charge on any atom is -0.463 e. The fourth-order valence-corrected chi connectivity index (χ4v) is 2.44. The average Bonchev–Trinajstić information content (AvgIpc) is 2.91. The van der Waals surface area contributed by atoms with Gasteiger partial charge in [0.25, 0.3) is 0 Å². The number of carbonyl (C=O) groups excluding carboxylic acids is 2. The molecular weight excluding hydrogens is 284 g/mol. The molecule has 2 rings (SSSR count). The van der Waals surface area contributed by atoms with Gasteiger partial charge in [0.05, 0.1) is 18.9 Å². The Labute approximate surface area is 128 Å². The van der Waals surface area contributed by atoms with Crippen LogP contribution in [0.15, 0.2) is 28.9 Å². The van der Waals surface area contributed by atoms with E-state index in [1.807, 2.05) is 32.9 Å². The van der Waals surface area contributed by atoms with Gasteiger partial charge in [-0.3, -0.25) is 0 Å². The topological polar surface area (TPSA) is 65.7 Å². The van der Waals surface area contributed by atoms with Crippen molar-refractivity contribution in [2.24, 2.45) is 0 Å². The van der Waals surface area contributed by atoms with E-state index in [-0.39, 0.29) is 12.4 Å². The molecule has 0 atom stereocenters. The number of hydrogen-bond acceptors (Lipinski definition) is 5. The van der Waals surface area contributed by atoms with Crippen LogP contribution in [0, 0.1) is 20.8 Å². The Morgan fingerprint density at radius 1 is 1.09 bits per heavy atom. The Balaban J connectivity index is 2.15. The van der Waals surface area contributed by atoms with Gasteiger partial charge < -0.3 is 13.9 Å². The zero-order valence-electron chi connectivity index (χ0n) is 13.1. The quantitative estimate of drug-likeness (QED) is 0.810. The van der Waals surface area contributed by atoms with E-state index in [9.17, 15) is 9.59 Å². The number of esters is 2. The van der Waals surface area contributed by atoms with Crippen LogP contribution >= 0.6 is 0 Å². The van der Waals surface area contributed by atoms with Gasteiger partial charge in [0.15, 0.2) is 0 Å². The maximum absolute atomic E-state index is 12.3. The average molecular weight is 302 g/mol. The minimum absolute atomic E-state index is 0.0488. The number of methoxy groups -OCH3 is 1. The van der Waals surface area contributed by atoms with Gasteiger partial charge in [-0.2, -0.15) is 0 Å². The molecule has 0 spiro atoms. The second-order valence-electron chi connectivity index (χ2n) is 5.12. The number of furan rings is 1. The summed E-state index contributed by atoms with van der Waals surface area (Å²) in [6.45, 7) is 5.67. The molecule has 2 aromatic rings. The van der Waals surface area contributed by atoms with Gasteiger partial charge in [0.2, 0.25) is 5.76 Å². The number of aryl methyl sites for hydroxylation is 3. The Hall–Kier alpha value is -2.56. The smallest absolute Gasteiger partial charge is 0.374 e. The van der Waals surface area contributed by atoms with E-state index in [1.165, 1.54) is 13.4 Å². The lowest BCUT2D eigenvalue weighted by Crippen LogP contribution is -2.11. The lowest BCUT2D eigenvalue weighted by molar-refractivity contribution is 0.0452. The summed E-state index contributed by atoms with van der Waals surface area (Å²) in [5.74, 6) is -0.974. The first-order valence-corrected chi connectivity index (χ1v) is 6.83. The fraction of sp³-hybridized carbons (Fsp3) is 0.294. The summed E-state index contributed by atoms with van der Waals surface area (Å²) < 4.78 is 15.0. The van der Waals surface area contributed by atoms with Crippen LogP contribution in [0.3, 0.4) is 0 Å². The second kappa shape index (κ2) is 6.47. The lowest BCUT2D eigenvalue weighted by Gasteiger charge is -2.11. The van der Waals surface area contributed by atoms with Gasteiger partial charge in [0.1, 0.15) is 6.61 Å². The van der Waals surface area contributed by atoms with E-state index < -0.39 is 11.9 Å². The molecule has 1 aromatic heterocycles. The van der Waals surface area contributed by atoms with Gasteiger partial charge in [-0.25, -0.2) is 9.59 Å². The summed E-state index contributed by atoms with van der Waals surface area (Å²) in [6, 6.07) is 5.44. The number of ether oxygens (including phenoxy) is 2. The van der Waals surface area contributed by atoms with Crippen LogP contribution in [0.2, 0.25) is 0 Å². The van der Waals surface area contributed by atoms with Gasteiger partial charge in [-0.15, -0.1) is 0 Å². The molecule has 0 fully saturated rings. The van der Waals surface area contributed by atoms with Gasteiger partial charge in [-0.05, 0) is 38.0 Å². The SMILES string of the molecule is COC(=O)c1occc1COC(=O)c1c(C)cc(C)cc1C. The number of benzene rings is 1. The summed E-state index contributed by atoms with van der Waals surface area (Å²) >= 11 is 0. The summed E-state index contributed by atoms with van der Waals surface area (Å²) in [5, 5.41) is 0. The molecule has 0 radical (unpaired) electrons. The second-order valence-corrected chi connectivity index (χ2v) is 5.12. The molecule has 0 saturated heterocycles. The molecule has 22 heavy (non-hydrogen) atoms.